The van der Waals surface area contributed by atoms with E-state index in [9.17, 15) is 0 Å². The van der Waals surface area contributed by atoms with Crippen molar-refractivity contribution in [3.63, 3.8) is 0 Å². The zero-order valence-corrected chi connectivity index (χ0v) is 12.0. The van der Waals surface area contributed by atoms with E-state index >= 15 is 0 Å². The van der Waals surface area contributed by atoms with Crippen LogP contribution in [0.5, 0.6) is 0 Å². The minimum atomic E-state index is 0.528. The molecule has 1 heterocycles. The molecule has 3 atom stereocenters. The van der Waals surface area contributed by atoms with Gasteiger partial charge in [0.05, 0.1) is 6.10 Å². The molecule has 0 aromatic carbocycles. The number of likely N-dealkylation sites (tertiary alicyclic amines) is 1. The van der Waals surface area contributed by atoms with Crippen molar-refractivity contribution in [2.24, 2.45) is 11.3 Å². The first-order chi connectivity index (χ1) is 8.74. The molecule has 3 heteroatoms. The van der Waals surface area contributed by atoms with E-state index in [1.54, 1.807) is 0 Å². The molecule has 104 valence electrons. The number of ether oxygens (including phenoxy) is 1. The molecule has 3 aliphatic rings. The highest BCUT2D eigenvalue weighted by atomic mass is 16.5. The molecule has 2 aliphatic carbocycles. The average molecular weight is 252 g/mol. The van der Waals surface area contributed by atoms with Crippen molar-refractivity contribution >= 4 is 0 Å². The third-order valence-electron chi connectivity index (χ3n) is 5.58. The van der Waals surface area contributed by atoms with Crippen molar-refractivity contribution in [1.82, 2.24) is 10.2 Å². The number of nitrogens with one attached hydrogen (secondary N) is 1. The molecule has 3 unspecified atom stereocenters. The Morgan fingerprint density at radius 1 is 1.39 bits per heavy atom. The maximum Gasteiger partial charge on any atom is 0.0661 e. The zero-order valence-electron chi connectivity index (χ0n) is 12.0. The molecule has 0 aromatic heterocycles. The molecule has 1 aliphatic heterocycles. The van der Waals surface area contributed by atoms with E-state index in [2.05, 4.69) is 24.2 Å². The van der Waals surface area contributed by atoms with Gasteiger partial charge in [-0.25, -0.2) is 0 Å². The van der Waals surface area contributed by atoms with Gasteiger partial charge in [-0.2, -0.15) is 0 Å². The summed E-state index contributed by atoms with van der Waals surface area (Å²) in [7, 11) is 2.24. The maximum atomic E-state index is 5.91. The second-order valence-electron chi connectivity index (χ2n) is 6.64. The second-order valence-corrected chi connectivity index (χ2v) is 6.64. The molecular formula is C15H28N2O. The van der Waals surface area contributed by atoms with Crippen LogP contribution in [0.25, 0.3) is 0 Å². The van der Waals surface area contributed by atoms with E-state index in [0.29, 0.717) is 11.5 Å². The summed E-state index contributed by atoms with van der Waals surface area (Å²) in [6.07, 6.45) is 7.36. The second kappa shape index (κ2) is 5.10. The summed E-state index contributed by atoms with van der Waals surface area (Å²) in [5, 5.41) is 3.86. The largest absolute Gasteiger partial charge is 0.378 e. The minimum absolute atomic E-state index is 0.528. The van der Waals surface area contributed by atoms with Crippen molar-refractivity contribution < 1.29 is 4.74 Å². The maximum absolute atomic E-state index is 5.91. The quantitative estimate of drug-likeness (QED) is 0.808. The lowest BCUT2D eigenvalue weighted by Gasteiger charge is -2.61. The molecule has 1 N–H and O–H groups in total. The molecule has 0 amide bonds. The highest BCUT2D eigenvalue weighted by molar-refractivity contribution is 5.12. The molecule has 3 rings (SSSR count). The van der Waals surface area contributed by atoms with Crippen molar-refractivity contribution in [1.29, 1.82) is 0 Å². The fourth-order valence-corrected chi connectivity index (χ4v) is 4.23. The Hall–Kier alpha value is -0.120. The molecule has 3 fully saturated rings. The third kappa shape index (κ3) is 2.10. The van der Waals surface area contributed by atoms with Crippen LogP contribution in [0.2, 0.25) is 0 Å². The monoisotopic (exact) mass is 252 g/mol. The fraction of sp³-hybridized carbons (Fsp3) is 1.00. The fourth-order valence-electron chi connectivity index (χ4n) is 4.23. The van der Waals surface area contributed by atoms with Crippen LogP contribution in [-0.2, 0) is 4.74 Å². The molecule has 0 bridgehead atoms. The molecular weight excluding hydrogens is 224 g/mol. The van der Waals surface area contributed by atoms with E-state index in [0.717, 1.165) is 18.6 Å². The smallest absolute Gasteiger partial charge is 0.0661 e. The van der Waals surface area contributed by atoms with Gasteiger partial charge in [0, 0.05) is 24.6 Å². The summed E-state index contributed by atoms with van der Waals surface area (Å²) in [5.41, 5.74) is 0.528. The highest BCUT2D eigenvalue weighted by Gasteiger charge is 2.58. The van der Waals surface area contributed by atoms with Crippen molar-refractivity contribution in [3.8, 4) is 0 Å². The lowest BCUT2D eigenvalue weighted by Crippen LogP contribution is -2.67. The number of hydrogen-bond donors (Lipinski definition) is 1. The SMILES string of the molecule is CCOC1CC(NCC2CCN(C)C2)C12CCC2. The highest BCUT2D eigenvalue weighted by Crippen LogP contribution is 2.57. The van der Waals surface area contributed by atoms with Gasteiger partial charge in [0.1, 0.15) is 0 Å². The van der Waals surface area contributed by atoms with Gasteiger partial charge < -0.3 is 15.0 Å². The summed E-state index contributed by atoms with van der Waals surface area (Å²) in [5.74, 6) is 0.873. The number of nitrogens with zero attached hydrogens (tertiary/aromatic N) is 1. The van der Waals surface area contributed by atoms with Crippen LogP contribution in [0.4, 0.5) is 0 Å². The van der Waals surface area contributed by atoms with Gasteiger partial charge in [-0.3, -0.25) is 0 Å². The van der Waals surface area contributed by atoms with E-state index in [4.69, 9.17) is 4.74 Å². The van der Waals surface area contributed by atoms with Crippen LogP contribution < -0.4 is 5.32 Å². The van der Waals surface area contributed by atoms with Gasteiger partial charge in [-0.05, 0) is 58.7 Å². The Morgan fingerprint density at radius 3 is 2.78 bits per heavy atom. The first-order valence-corrected chi connectivity index (χ1v) is 7.78. The molecule has 0 radical (unpaired) electrons. The van der Waals surface area contributed by atoms with Crippen molar-refractivity contribution in [2.75, 3.05) is 33.3 Å². The van der Waals surface area contributed by atoms with Crippen LogP contribution >= 0.6 is 0 Å². The van der Waals surface area contributed by atoms with Gasteiger partial charge in [-0.15, -0.1) is 0 Å². The normalized spacial score (nSPS) is 38.7. The Labute approximate surface area is 111 Å². The summed E-state index contributed by atoms with van der Waals surface area (Å²) in [4.78, 5) is 2.45. The molecule has 3 nitrogen and oxygen atoms in total. The van der Waals surface area contributed by atoms with E-state index < -0.39 is 0 Å². The van der Waals surface area contributed by atoms with Gasteiger partial charge in [-0.1, -0.05) is 6.42 Å². The zero-order chi connectivity index (χ0) is 12.6. The van der Waals surface area contributed by atoms with Crippen LogP contribution in [-0.4, -0.2) is 50.3 Å². The summed E-state index contributed by atoms with van der Waals surface area (Å²) < 4.78 is 5.91. The first kappa shape index (κ1) is 12.9. The topological polar surface area (TPSA) is 24.5 Å². The van der Waals surface area contributed by atoms with Crippen molar-refractivity contribution in [2.45, 2.75) is 51.2 Å². The van der Waals surface area contributed by atoms with Crippen LogP contribution in [0, 0.1) is 11.3 Å². The number of hydrogen-bond acceptors (Lipinski definition) is 3. The Kier molecular flexibility index (Phi) is 3.65. The van der Waals surface area contributed by atoms with Crippen LogP contribution in [0.15, 0.2) is 0 Å². The van der Waals surface area contributed by atoms with Gasteiger partial charge in [0.2, 0.25) is 0 Å². The van der Waals surface area contributed by atoms with E-state index in [1.165, 1.54) is 51.7 Å². The average Bonchev–Trinajstić information content (AvgIpc) is 2.66. The van der Waals surface area contributed by atoms with Gasteiger partial charge >= 0.3 is 0 Å². The van der Waals surface area contributed by atoms with Crippen LogP contribution in [0.3, 0.4) is 0 Å². The van der Waals surface area contributed by atoms with E-state index in [-0.39, 0.29) is 0 Å². The molecule has 1 saturated heterocycles. The Balaban J connectivity index is 1.46. The van der Waals surface area contributed by atoms with E-state index in [1.807, 2.05) is 0 Å². The predicted octanol–water partition coefficient (Wildman–Crippen LogP) is 1.88. The summed E-state index contributed by atoms with van der Waals surface area (Å²) in [6.45, 7) is 6.79. The molecule has 2 saturated carbocycles. The predicted molar refractivity (Wildman–Crippen MR) is 73.7 cm³/mol. The minimum Gasteiger partial charge on any atom is -0.378 e. The lowest BCUT2D eigenvalue weighted by molar-refractivity contribution is -0.173. The van der Waals surface area contributed by atoms with Crippen molar-refractivity contribution in [3.05, 3.63) is 0 Å². The molecule has 0 aromatic rings. The first-order valence-electron chi connectivity index (χ1n) is 7.78. The summed E-state index contributed by atoms with van der Waals surface area (Å²) in [6, 6.07) is 0.744. The summed E-state index contributed by atoms with van der Waals surface area (Å²) >= 11 is 0. The molecule has 1 spiro atoms. The Morgan fingerprint density at radius 2 is 2.22 bits per heavy atom. The lowest BCUT2D eigenvalue weighted by atomic mass is 9.51. The standard InChI is InChI=1S/C15H28N2O/c1-3-18-14-9-13(15(14)6-4-7-15)16-10-12-5-8-17(2)11-12/h12-14,16H,3-11H2,1-2H3. The third-order valence-corrected chi connectivity index (χ3v) is 5.58. The molecule has 18 heavy (non-hydrogen) atoms. The number of rotatable bonds is 5. The van der Waals surface area contributed by atoms with Gasteiger partial charge in [0.15, 0.2) is 0 Å². The van der Waals surface area contributed by atoms with Gasteiger partial charge in [0.25, 0.3) is 0 Å². The Bertz CT molecular complexity index is 290. The van der Waals surface area contributed by atoms with Crippen LogP contribution in [0.1, 0.15) is 39.0 Å².